The second-order valence-electron chi connectivity index (χ2n) is 7.35. The summed E-state index contributed by atoms with van der Waals surface area (Å²) in [4.78, 5) is 10.5. The molecule has 5 nitrogen and oxygen atoms in total. The van der Waals surface area contributed by atoms with Crippen molar-refractivity contribution in [2.75, 3.05) is 0 Å². The van der Waals surface area contributed by atoms with Crippen molar-refractivity contribution in [3.63, 3.8) is 0 Å². The molecule has 0 saturated carbocycles. The molecule has 3 aromatic rings. The van der Waals surface area contributed by atoms with E-state index in [4.69, 9.17) is 0 Å². The summed E-state index contributed by atoms with van der Waals surface area (Å²) in [6.07, 6.45) is 1.79. The Morgan fingerprint density at radius 2 is 1.74 bits per heavy atom. The van der Waals surface area contributed by atoms with Gasteiger partial charge in [-0.05, 0) is 23.3 Å². The largest absolute Gasteiger partial charge is 0.269 e. The van der Waals surface area contributed by atoms with Crippen molar-refractivity contribution in [2.24, 2.45) is 0 Å². The van der Waals surface area contributed by atoms with Gasteiger partial charge in [-0.3, -0.25) is 14.8 Å². The maximum absolute atomic E-state index is 10.9. The van der Waals surface area contributed by atoms with Crippen molar-refractivity contribution >= 4 is 13.8 Å². The Bertz CT molecular complexity index is 1010. The van der Waals surface area contributed by atoms with Gasteiger partial charge in [0.1, 0.15) is 13.8 Å². The number of hydrogen-bond acceptors (Lipinski definition) is 3. The topological polar surface area (TPSA) is 61.0 Å². The van der Waals surface area contributed by atoms with Crippen molar-refractivity contribution in [2.45, 2.75) is 26.2 Å². The van der Waals surface area contributed by atoms with Crippen molar-refractivity contribution in [1.82, 2.24) is 9.78 Å². The number of hydrogen-bond donors (Lipinski definition) is 0. The molecule has 0 fully saturated rings. The van der Waals surface area contributed by atoms with E-state index in [-0.39, 0.29) is 5.69 Å². The van der Waals surface area contributed by atoms with E-state index in [0.29, 0.717) is 6.54 Å². The first-order chi connectivity index (χ1) is 12.8. The highest BCUT2D eigenvalue weighted by molar-refractivity contribution is 6.83. The summed E-state index contributed by atoms with van der Waals surface area (Å²) in [5.41, 5.74) is 7.24. The SMILES string of the molecule is C[Si](C)(C)C#Cc1c(-c2ccc([N+](=O)[O-])cc2)cnn1Cc1ccccc1. The van der Waals surface area contributed by atoms with Crippen LogP contribution in [0.5, 0.6) is 0 Å². The van der Waals surface area contributed by atoms with Gasteiger partial charge in [-0.1, -0.05) is 55.9 Å². The van der Waals surface area contributed by atoms with E-state index in [1.54, 1.807) is 18.3 Å². The van der Waals surface area contributed by atoms with Crippen LogP contribution in [0.1, 0.15) is 11.3 Å². The van der Waals surface area contributed by atoms with E-state index in [1.165, 1.54) is 12.1 Å². The summed E-state index contributed by atoms with van der Waals surface area (Å²) >= 11 is 0. The molecule has 3 rings (SSSR count). The van der Waals surface area contributed by atoms with Gasteiger partial charge in [0.15, 0.2) is 0 Å². The summed E-state index contributed by atoms with van der Waals surface area (Å²) in [6.45, 7) is 7.22. The second kappa shape index (κ2) is 7.60. The summed E-state index contributed by atoms with van der Waals surface area (Å²) < 4.78 is 1.90. The Balaban J connectivity index is 2.05. The molecule has 1 aromatic heterocycles. The molecule has 0 aliphatic heterocycles. The lowest BCUT2D eigenvalue weighted by Crippen LogP contribution is -2.16. The van der Waals surface area contributed by atoms with Gasteiger partial charge in [0.2, 0.25) is 0 Å². The van der Waals surface area contributed by atoms with Crippen LogP contribution in [0.15, 0.2) is 60.8 Å². The van der Waals surface area contributed by atoms with Crippen molar-refractivity contribution in [3.8, 4) is 22.6 Å². The molecule has 0 amide bonds. The Labute approximate surface area is 159 Å². The maximum Gasteiger partial charge on any atom is 0.269 e. The van der Waals surface area contributed by atoms with Crippen LogP contribution in [0, 0.1) is 21.6 Å². The summed E-state index contributed by atoms with van der Waals surface area (Å²) in [5, 5.41) is 15.4. The summed E-state index contributed by atoms with van der Waals surface area (Å²) in [6, 6.07) is 16.6. The smallest absolute Gasteiger partial charge is 0.258 e. The second-order valence-corrected chi connectivity index (χ2v) is 12.1. The zero-order valence-electron chi connectivity index (χ0n) is 15.6. The van der Waals surface area contributed by atoms with Crippen LogP contribution in [0.25, 0.3) is 11.1 Å². The third-order valence-electron chi connectivity index (χ3n) is 3.96. The molecule has 27 heavy (non-hydrogen) atoms. The molecule has 0 radical (unpaired) electrons. The number of benzene rings is 2. The van der Waals surface area contributed by atoms with E-state index in [1.807, 2.05) is 22.9 Å². The average Bonchev–Trinajstić information content (AvgIpc) is 3.03. The Kier molecular flexibility index (Phi) is 5.24. The van der Waals surface area contributed by atoms with Gasteiger partial charge in [0, 0.05) is 17.7 Å². The minimum absolute atomic E-state index is 0.0742. The monoisotopic (exact) mass is 375 g/mol. The van der Waals surface area contributed by atoms with Gasteiger partial charge in [0.25, 0.3) is 5.69 Å². The molecule has 2 aromatic carbocycles. The standard InChI is InChI=1S/C21H21N3O2Si/c1-27(2,3)14-13-21-20(18-9-11-19(12-10-18)24(25)26)15-22-23(21)16-17-7-5-4-6-8-17/h4-12,15H,16H2,1-3H3. The molecule has 0 unspecified atom stereocenters. The Morgan fingerprint density at radius 3 is 2.33 bits per heavy atom. The first kappa shape index (κ1) is 18.6. The fraction of sp³-hybridized carbons (Fsp3) is 0.190. The molecule has 0 atom stereocenters. The molecule has 0 N–H and O–H groups in total. The van der Waals surface area contributed by atoms with Crippen LogP contribution < -0.4 is 0 Å². The highest BCUT2D eigenvalue weighted by atomic mass is 28.3. The number of nitrogens with zero attached hydrogens (tertiary/aromatic N) is 3. The molecule has 0 bridgehead atoms. The van der Waals surface area contributed by atoms with Gasteiger partial charge in [-0.25, -0.2) is 0 Å². The third kappa shape index (κ3) is 4.71. The van der Waals surface area contributed by atoms with E-state index >= 15 is 0 Å². The Hall–Kier alpha value is -3.17. The maximum atomic E-state index is 10.9. The van der Waals surface area contributed by atoms with Crippen molar-refractivity contribution in [1.29, 1.82) is 0 Å². The summed E-state index contributed by atoms with van der Waals surface area (Å²) in [5.74, 6) is 3.34. The molecule has 0 aliphatic rings. The lowest BCUT2D eigenvalue weighted by molar-refractivity contribution is -0.384. The van der Waals surface area contributed by atoms with Gasteiger partial charge in [-0.2, -0.15) is 5.10 Å². The number of nitro benzene ring substituents is 1. The Morgan fingerprint density at radius 1 is 1.07 bits per heavy atom. The third-order valence-corrected chi connectivity index (χ3v) is 4.83. The zero-order chi connectivity index (χ0) is 19.4. The molecule has 0 saturated heterocycles. The molecular weight excluding hydrogens is 354 g/mol. The molecule has 0 aliphatic carbocycles. The molecule has 0 spiro atoms. The molecule has 6 heteroatoms. The predicted octanol–water partition coefficient (Wildman–Crippen LogP) is 4.74. The zero-order valence-corrected chi connectivity index (χ0v) is 16.6. The van der Waals surface area contributed by atoms with Gasteiger partial charge in [-0.15, -0.1) is 5.54 Å². The number of aromatic nitrogens is 2. The first-order valence-electron chi connectivity index (χ1n) is 8.71. The minimum atomic E-state index is -1.57. The predicted molar refractivity (Wildman–Crippen MR) is 110 cm³/mol. The van der Waals surface area contributed by atoms with Crippen molar-refractivity contribution in [3.05, 3.63) is 82.2 Å². The van der Waals surface area contributed by atoms with Crippen LogP contribution in [0.2, 0.25) is 19.6 Å². The van der Waals surface area contributed by atoms with E-state index < -0.39 is 13.0 Å². The van der Waals surface area contributed by atoms with Crippen LogP contribution in [-0.4, -0.2) is 22.8 Å². The van der Waals surface area contributed by atoms with E-state index in [2.05, 4.69) is 48.3 Å². The molecular formula is C21H21N3O2Si. The van der Waals surface area contributed by atoms with Gasteiger partial charge < -0.3 is 0 Å². The fourth-order valence-corrected chi connectivity index (χ4v) is 3.11. The lowest BCUT2D eigenvalue weighted by Gasteiger charge is -2.08. The summed E-state index contributed by atoms with van der Waals surface area (Å²) in [7, 11) is -1.57. The normalized spacial score (nSPS) is 10.9. The van der Waals surface area contributed by atoms with Crippen LogP contribution in [0.4, 0.5) is 5.69 Å². The number of nitro groups is 1. The molecule has 136 valence electrons. The lowest BCUT2D eigenvalue weighted by atomic mass is 10.1. The van der Waals surface area contributed by atoms with Gasteiger partial charge >= 0.3 is 0 Å². The van der Waals surface area contributed by atoms with Crippen LogP contribution >= 0.6 is 0 Å². The van der Waals surface area contributed by atoms with Crippen LogP contribution in [0.3, 0.4) is 0 Å². The minimum Gasteiger partial charge on any atom is -0.258 e. The van der Waals surface area contributed by atoms with E-state index in [9.17, 15) is 10.1 Å². The number of non-ortho nitro benzene ring substituents is 1. The van der Waals surface area contributed by atoms with Crippen LogP contribution in [-0.2, 0) is 6.54 Å². The first-order valence-corrected chi connectivity index (χ1v) is 12.2. The van der Waals surface area contributed by atoms with Gasteiger partial charge in [0.05, 0.1) is 17.7 Å². The number of rotatable bonds is 4. The average molecular weight is 376 g/mol. The highest BCUT2D eigenvalue weighted by Gasteiger charge is 2.14. The van der Waals surface area contributed by atoms with Crippen molar-refractivity contribution < 1.29 is 4.92 Å². The quantitative estimate of drug-likeness (QED) is 0.286. The highest BCUT2D eigenvalue weighted by Crippen LogP contribution is 2.26. The fourth-order valence-electron chi connectivity index (χ4n) is 2.61. The van der Waals surface area contributed by atoms with E-state index in [0.717, 1.165) is 22.4 Å². The molecule has 1 heterocycles.